The van der Waals surface area contributed by atoms with Crippen LogP contribution < -0.4 is 20.7 Å². The summed E-state index contributed by atoms with van der Waals surface area (Å²) in [6.45, 7) is 0.594. The quantitative estimate of drug-likeness (QED) is 0.535. The number of rotatable bonds is 6. The molecule has 3 N–H and O–H groups in total. The largest absolute Gasteiger partial charge is 0.497 e. The molecule has 0 saturated heterocycles. The monoisotopic (exact) mass is 439 g/mol. The second kappa shape index (κ2) is 7.85. The highest BCUT2D eigenvalue weighted by Crippen LogP contribution is 2.28. The van der Waals surface area contributed by atoms with Crippen molar-refractivity contribution >= 4 is 45.0 Å². The number of aromatic nitrogens is 2. The molecular weight excluding hydrogens is 422 g/mol. The van der Waals surface area contributed by atoms with Gasteiger partial charge in [-0.15, -0.1) is 0 Å². The number of anilines is 4. The molecule has 1 aliphatic heterocycles. The summed E-state index contributed by atoms with van der Waals surface area (Å²) in [5.41, 5.74) is 3.70. The Kier molecular flexibility index (Phi) is 5.12. The Balaban J connectivity index is 1.48. The second-order valence-corrected chi connectivity index (χ2v) is 7.17. The van der Waals surface area contributed by atoms with Crippen molar-refractivity contribution in [1.29, 1.82) is 0 Å². The van der Waals surface area contributed by atoms with Crippen LogP contribution in [0, 0.1) is 0 Å². The van der Waals surface area contributed by atoms with Gasteiger partial charge < -0.3 is 20.7 Å². The van der Waals surface area contributed by atoms with Crippen LogP contribution in [0.3, 0.4) is 0 Å². The fourth-order valence-electron chi connectivity index (χ4n) is 2.94. The van der Waals surface area contributed by atoms with Crippen molar-refractivity contribution in [3.05, 3.63) is 64.3 Å². The molecule has 4 rings (SSSR count). The van der Waals surface area contributed by atoms with Gasteiger partial charge in [-0.1, -0.05) is 18.2 Å². The van der Waals surface area contributed by atoms with Crippen LogP contribution in [0.25, 0.3) is 0 Å². The molecule has 1 aliphatic rings. The average Bonchev–Trinajstić information content (AvgIpc) is 3.08. The Morgan fingerprint density at radius 3 is 3.00 bits per heavy atom. The summed E-state index contributed by atoms with van der Waals surface area (Å²) in [6, 6.07) is 13.6. The second-order valence-electron chi connectivity index (χ2n) is 6.32. The molecule has 3 aromatic rings. The van der Waals surface area contributed by atoms with Gasteiger partial charge in [-0.25, -0.2) is 4.98 Å². The van der Waals surface area contributed by atoms with Crippen LogP contribution in [-0.2, 0) is 17.8 Å². The third-order valence-electron chi connectivity index (χ3n) is 4.33. The minimum Gasteiger partial charge on any atom is -0.497 e. The Bertz CT molecular complexity index is 1040. The number of ether oxygens (including phenoxy) is 1. The maximum absolute atomic E-state index is 11.5. The number of fused-ring (bicyclic) bond motifs is 1. The standard InChI is InChI=1S/C20H18BrN5O2/c1-28-15-4-2-3-12(7-15)10-22-19-16(21)11-23-20(26-19)24-14-6-5-13-8-18(27)25-17(13)9-14/h2-7,9,11H,8,10H2,1H3,(H,25,27)(H2,22,23,24,26). The Morgan fingerprint density at radius 1 is 1.25 bits per heavy atom. The van der Waals surface area contributed by atoms with E-state index in [-0.39, 0.29) is 5.91 Å². The number of hydrogen-bond acceptors (Lipinski definition) is 6. The van der Waals surface area contributed by atoms with E-state index in [1.807, 2.05) is 42.5 Å². The number of nitrogens with zero attached hydrogens (tertiary/aromatic N) is 2. The van der Waals surface area contributed by atoms with E-state index in [4.69, 9.17) is 4.74 Å². The number of carbonyl (C=O) groups excluding carboxylic acids is 1. The SMILES string of the molecule is COc1cccc(CNc2nc(Nc3ccc4c(c3)NC(=O)C4)ncc2Br)c1. The first kappa shape index (κ1) is 18.2. The molecule has 28 heavy (non-hydrogen) atoms. The molecule has 0 atom stereocenters. The van der Waals surface area contributed by atoms with Crippen LogP contribution in [-0.4, -0.2) is 23.0 Å². The zero-order valence-electron chi connectivity index (χ0n) is 15.1. The highest BCUT2D eigenvalue weighted by Gasteiger charge is 2.17. The van der Waals surface area contributed by atoms with E-state index in [1.54, 1.807) is 13.3 Å². The molecule has 0 spiro atoms. The third-order valence-corrected chi connectivity index (χ3v) is 4.91. The van der Waals surface area contributed by atoms with Crippen molar-refractivity contribution in [2.24, 2.45) is 0 Å². The molecule has 142 valence electrons. The molecule has 8 heteroatoms. The average molecular weight is 440 g/mol. The predicted octanol–water partition coefficient (Wildman–Crippen LogP) is 4.10. The molecule has 2 aromatic carbocycles. The van der Waals surface area contributed by atoms with E-state index >= 15 is 0 Å². The summed E-state index contributed by atoms with van der Waals surface area (Å²) in [5.74, 6) is 1.96. The first-order chi connectivity index (χ1) is 13.6. The molecule has 0 aliphatic carbocycles. The number of halogens is 1. The number of hydrogen-bond donors (Lipinski definition) is 3. The lowest BCUT2D eigenvalue weighted by Crippen LogP contribution is -2.06. The highest BCUT2D eigenvalue weighted by molar-refractivity contribution is 9.10. The summed E-state index contributed by atoms with van der Waals surface area (Å²) >= 11 is 3.48. The normalized spacial score (nSPS) is 12.3. The zero-order valence-corrected chi connectivity index (χ0v) is 16.7. The molecule has 0 unspecified atom stereocenters. The summed E-state index contributed by atoms with van der Waals surface area (Å²) in [4.78, 5) is 20.3. The smallest absolute Gasteiger partial charge is 0.229 e. The van der Waals surface area contributed by atoms with E-state index in [0.29, 0.717) is 24.7 Å². The molecule has 0 radical (unpaired) electrons. The van der Waals surface area contributed by atoms with Gasteiger partial charge in [0, 0.05) is 24.1 Å². The van der Waals surface area contributed by atoms with E-state index < -0.39 is 0 Å². The first-order valence-electron chi connectivity index (χ1n) is 8.70. The lowest BCUT2D eigenvalue weighted by Gasteiger charge is -2.11. The molecule has 1 amide bonds. The van der Waals surface area contributed by atoms with Crippen LogP contribution in [0.1, 0.15) is 11.1 Å². The molecule has 0 saturated carbocycles. The van der Waals surface area contributed by atoms with Gasteiger partial charge in [-0.05, 0) is 51.3 Å². The topological polar surface area (TPSA) is 88.2 Å². The summed E-state index contributed by atoms with van der Waals surface area (Å²) in [6.07, 6.45) is 2.11. The zero-order chi connectivity index (χ0) is 19.5. The molecule has 0 bridgehead atoms. The van der Waals surface area contributed by atoms with Crippen LogP contribution in [0.15, 0.2) is 53.1 Å². The van der Waals surface area contributed by atoms with Crippen molar-refractivity contribution in [3.63, 3.8) is 0 Å². The van der Waals surface area contributed by atoms with E-state index in [9.17, 15) is 4.79 Å². The van der Waals surface area contributed by atoms with Gasteiger partial charge in [-0.3, -0.25) is 4.79 Å². The third kappa shape index (κ3) is 4.07. The fourth-order valence-corrected chi connectivity index (χ4v) is 3.27. The minimum atomic E-state index is 0.0103. The van der Waals surface area contributed by atoms with Gasteiger partial charge in [0.1, 0.15) is 11.6 Å². The number of methoxy groups -OCH3 is 1. The van der Waals surface area contributed by atoms with E-state index in [1.165, 1.54) is 0 Å². The molecular formula is C20H18BrN5O2. The lowest BCUT2D eigenvalue weighted by molar-refractivity contribution is -0.115. The minimum absolute atomic E-state index is 0.0103. The molecule has 7 nitrogen and oxygen atoms in total. The van der Waals surface area contributed by atoms with Crippen LogP contribution >= 0.6 is 15.9 Å². The summed E-state index contributed by atoms with van der Waals surface area (Å²) in [5, 5.41) is 9.32. The predicted molar refractivity (Wildman–Crippen MR) is 112 cm³/mol. The highest BCUT2D eigenvalue weighted by atomic mass is 79.9. The molecule has 2 heterocycles. The fraction of sp³-hybridized carbons (Fsp3) is 0.150. The van der Waals surface area contributed by atoms with Crippen molar-refractivity contribution in [1.82, 2.24) is 9.97 Å². The maximum Gasteiger partial charge on any atom is 0.229 e. The Hall–Kier alpha value is -3.13. The van der Waals surface area contributed by atoms with Crippen molar-refractivity contribution < 1.29 is 9.53 Å². The van der Waals surface area contributed by atoms with Gasteiger partial charge in [0.05, 0.1) is 18.0 Å². The van der Waals surface area contributed by atoms with Gasteiger partial charge >= 0.3 is 0 Å². The number of amides is 1. The summed E-state index contributed by atoms with van der Waals surface area (Å²) < 4.78 is 6.02. The lowest BCUT2D eigenvalue weighted by atomic mass is 10.1. The van der Waals surface area contributed by atoms with Gasteiger partial charge in [0.25, 0.3) is 0 Å². The van der Waals surface area contributed by atoms with Crippen LogP contribution in [0.2, 0.25) is 0 Å². The van der Waals surface area contributed by atoms with E-state index in [0.717, 1.165) is 32.7 Å². The van der Waals surface area contributed by atoms with Crippen molar-refractivity contribution in [2.45, 2.75) is 13.0 Å². The Morgan fingerprint density at radius 2 is 2.14 bits per heavy atom. The molecule has 0 fully saturated rings. The number of benzene rings is 2. The van der Waals surface area contributed by atoms with Crippen LogP contribution in [0.4, 0.5) is 23.1 Å². The van der Waals surface area contributed by atoms with Gasteiger partial charge in [0.15, 0.2) is 0 Å². The van der Waals surface area contributed by atoms with Crippen LogP contribution in [0.5, 0.6) is 5.75 Å². The van der Waals surface area contributed by atoms with Crippen molar-refractivity contribution in [2.75, 3.05) is 23.1 Å². The van der Waals surface area contributed by atoms with Gasteiger partial charge in [-0.2, -0.15) is 4.98 Å². The number of carbonyl (C=O) groups is 1. The van der Waals surface area contributed by atoms with Crippen molar-refractivity contribution in [3.8, 4) is 5.75 Å². The summed E-state index contributed by atoms with van der Waals surface area (Å²) in [7, 11) is 1.65. The Labute approximate surface area is 170 Å². The molecule has 1 aromatic heterocycles. The maximum atomic E-state index is 11.5. The van der Waals surface area contributed by atoms with Gasteiger partial charge in [0.2, 0.25) is 11.9 Å². The van der Waals surface area contributed by atoms with E-state index in [2.05, 4.69) is 41.8 Å². The number of nitrogens with one attached hydrogen (secondary N) is 3. The first-order valence-corrected chi connectivity index (χ1v) is 9.49.